The Bertz CT molecular complexity index is 339. The Hall–Kier alpha value is -0.830. The molecule has 1 aliphatic rings. The second-order valence-electron chi connectivity index (χ2n) is 5.20. The minimum absolute atomic E-state index is 0.490. The molecule has 1 aliphatic carbocycles. The zero-order valence-electron chi connectivity index (χ0n) is 10.7. The van der Waals surface area contributed by atoms with Gasteiger partial charge in [0.05, 0.1) is 5.69 Å². The minimum atomic E-state index is 0.490. The monoisotopic (exact) mass is 221 g/mol. The van der Waals surface area contributed by atoms with Gasteiger partial charge in [0.25, 0.3) is 0 Å². The molecule has 0 spiro atoms. The van der Waals surface area contributed by atoms with Crippen LogP contribution in [0.5, 0.6) is 0 Å². The molecular weight excluding hydrogens is 198 g/mol. The van der Waals surface area contributed by atoms with Gasteiger partial charge < -0.3 is 5.32 Å². The van der Waals surface area contributed by atoms with Crippen molar-refractivity contribution >= 4 is 0 Å². The highest BCUT2D eigenvalue weighted by atomic mass is 15.2. The van der Waals surface area contributed by atoms with Crippen molar-refractivity contribution < 1.29 is 0 Å². The molecule has 1 atom stereocenters. The molecule has 2 rings (SSSR count). The third-order valence-electron chi connectivity index (χ3n) is 3.81. The largest absolute Gasteiger partial charge is 0.314 e. The number of hydrogen-bond acceptors (Lipinski definition) is 2. The van der Waals surface area contributed by atoms with Crippen LogP contribution in [0.2, 0.25) is 0 Å². The van der Waals surface area contributed by atoms with E-state index in [4.69, 9.17) is 0 Å². The first-order valence-electron chi connectivity index (χ1n) is 6.38. The Kier molecular flexibility index (Phi) is 3.33. The lowest BCUT2D eigenvalue weighted by Gasteiger charge is -2.23. The number of rotatable bonds is 6. The number of aryl methyl sites for hydroxylation is 1. The van der Waals surface area contributed by atoms with Gasteiger partial charge in [-0.25, -0.2) is 0 Å². The van der Waals surface area contributed by atoms with Gasteiger partial charge in [-0.3, -0.25) is 4.68 Å². The first-order chi connectivity index (χ1) is 7.66. The summed E-state index contributed by atoms with van der Waals surface area (Å²) in [5.74, 6) is 0. The van der Waals surface area contributed by atoms with Crippen LogP contribution in [0.25, 0.3) is 0 Å². The van der Waals surface area contributed by atoms with Gasteiger partial charge in [-0.15, -0.1) is 0 Å². The van der Waals surface area contributed by atoms with Crippen molar-refractivity contribution in [2.75, 3.05) is 6.54 Å². The van der Waals surface area contributed by atoms with Crippen molar-refractivity contribution in [3.8, 4) is 0 Å². The van der Waals surface area contributed by atoms with Crippen molar-refractivity contribution in [2.24, 2.45) is 12.5 Å². The van der Waals surface area contributed by atoms with E-state index in [-0.39, 0.29) is 0 Å². The molecule has 1 heterocycles. The summed E-state index contributed by atoms with van der Waals surface area (Å²) in [6.07, 6.45) is 7.08. The highest BCUT2D eigenvalue weighted by molar-refractivity contribution is 5.11. The van der Waals surface area contributed by atoms with E-state index in [0.29, 0.717) is 11.5 Å². The smallest absolute Gasteiger partial charge is 0.0630 e. The molecule has 90 valence electrons. The zero-order valence-corrected chi connectivity index (χ0v) is 10.7. The topological polar surface area (TPSA) is 29.9 Å². The Morgan fingerprint density at radius 2 is 2.31 bits per heavy atom. The summed E-state index contributed by atoms with van der Waals surface area (Å²) in [5.41, 5.74) is 1.73. The Labute approximate surface area is 98.2 Å². The normalized spacial score (nSPS) is 19.7. The van der Waals surface area contributed by atoms with Gasteiger partial charge in [0.1, 0.15) is 0 Å². The fourth-order valence-electron chi connectivity index (χ4n) is 2.42. The summed E-state index contributed by atoms with van der Waals surface area (Å²) in [7, 11) is 1.99. The minimum Gasteiger partial charge on any atom is -0.314 e. The standard InChI is InChI=1S/C13H23N3/c1-4-8-14-11(2)13(6-7-13)10-12-5-9-16(3)15-12/h5,9,11,14H,4,6-8,10H2,1-3H3. The quantitative estimate of drug-likeness (QED) is 0.797. The Morgan fingerprint density at radius 3 is 2.81 bits per heavy atom. The lowest BCUT2D eigenvalue weighted by molar-refractivity contribution is 0.347. The molecule has 0 bridgehead atoms. The Balaban J connectivity index is 1.92. The fraction of sp³-hybridized carbons (Fsp3) is 0.769. The van der Waals surface area contributed by atoms with Crippen LogP contribution in [0.3, 0.4) is 0 Å². The first-order valence-corrected chi connectivity index (χ1v) is 6.38. The molecule has 0 aromatic carbocycles. The fourth-order valence-corrected chi connectivity index (χ4v) is 2.42. The van der Waals surface area contributed by atoms with Gasteiger partial charge in [-0.2, -0.15) is 5.10 Å². The highest BCUT2D eigenvalue weighted by Gasteiger charge is 2.47. The molecule has 0 radical (unpaired) electrons. The van der Waals surface area contributed by atoms with E-state index in [1.807, 2.05) is 17.9 Å². The first kappa shape index (κ1) is 11.6. The van der Waals surface area contributed by atoms with E-state index in [1.54, 1.807) is 0 Å². The lowest BCUT2D eigenvalue weighted by atomic mass is 9.92. The molecule has 0 aliphatic heterocycles. The van der Waals surface area contributed by atoms with Gasteiger partial charge in [0.15, 0.2) is 0 Å². The number of hydrogen-bond donors (Lipinski definition) is 1. The summed E-state index contributed by atoms with van der Waals surface area (Å²) >= 11 is 0. The van der Waals surface area contributed by atoms with Crippen LogP contribution in [0.1, 0.15) is 38.8 Å². The molecule has 0 amide bonds. The second-order valence-corrected chi connectivity index (χ2v) is 5.20. The van der Waals surface area contributed by atoms with Gasteiger partial charge in [0, 0.05) is 19.3 Å². The molecular formula is C13H23N3. The van der Waals surface area contributed by atoms with Crippen LogP contribution < -0.4 is 5.32 Å². The molecule has 16 heavy (non-hydrogen) atoms. The average molecular weight is 221 g/mol. The maximum Gasteiger partial charge on any atom is 0.0630 e. The zero-order chi connectivity index (χ0) is 11.6. The Morgan fingerprint density at radius 1 is 1.56 bits per heavy atom. The molecule has 0 saturated heterocycles. The summed E-state index contributed by atoms with van der Waals surface area (Å²) < 4.78 is 1.90. The second kappa shape index (κ2) is 4.58. The summed E-state index contributed by atoms with van der Waals surface area (Å²) in [6, 6.07) is 2.77. The van der Waals surface area contributed by atoms with E-state index in [0.717, 1.165) is 13.0 Å². The maximum atomic E-state index is 4.49. The van der Waals surface area contributed by atoms with Crippen molar-refractivity contribution in [3.63, 3.8) is 0 Å². The van der Waals surface area contributed by atoms with E-state index in [1.165, 1.54) is 25.0 Å². The number of aromatic nitrogens is 2. The summed E-state index contributed by atoms with van der Waals surface area (Å²) in [4.78, 5) is 0. The summed E-state index contributed by atoms with van der Waals surface area (Å²) in [5, 5.41) is 8.11. The number of nitrogens with zero attached hydrogens (tertiary/aromatic N) is 2. The molecule has 1 saturated carbocycles. The lowest BCUT2D eigenvalue weighted by Crippen LogP contribution is -2.36. The molecule has 1 unspecified atom stereocenters. The van der Waals surface area contributed by atoms with Crippen LogP contribution in [0, 0.1) is 5.41 Å². The molecule has 3 nitrogen and oxygen atoms in total. The van der Waals surface area contributed by atoms with Crippen molar-refractivity contribution in [1.82, 2.24) is 15.1 Å². The molecule has 1 aromatic rings. The van der Waals surface area contributed by atoms with E-state index in [9.17, 15) is 0 Å². The predicted octanol–water partition coefficient (Wildman–Crippen LogP) is 2.13. The molecule has 1 aromatic heterocycles. The van der Waals surface area contributed by atoms with E-state index < -0.39 is 0 Å². The van der Waals surface area contributed by atoms with Crippen molar-refractivity contribution in [2.45, 2.75) is 45.6 Å². The van der Waals surface area contributed by atoms with Crippen LogP contribution in [-0.2, 0) is 13.5 Å². The number of nitrogens with one attached hydrogen (secondary N) is 1. The SMILES string of the molecule is CCCNC(C)C1(Cc2ccn(C)n2)CC1. The molecule has 1 fully saturated rings. The predicted molar refractivity (Wildman–Crippen MR) is 66.3 cm³/mol. The molecule has 1 N–H and O–H groups in total. The van der Waals surface area contributed by atoms with Gasteiger partial charge in [0.2, 0.25) is 0 Å². The highest BCUT2D eigenvalue weighted by Crippen LogP contribution is 2.51. The van der Waals surface area contributed by atoms with Crippen molar-refractivity contribution in [1.29, 1.82) is 0 Å². The van der Waals surface area contributed by atoms with Crippen molar-refractivity contribution in [3.05, 3.63) is 18.0 Å². The third-order valence-corrected chi connectivity index (χ3v) is 3.81. The van der Waals surface area contributed by atoms with Crippen LogP contribution in [-0.4, -0.2) is 22.4 Å². The van der Waals surface area contributed by atoms with Gasteiger partial charge >= 0.3 is 0 Å². The third kappa shape index (κ3) is 2.46. The van der Waals surface area contributed by atoms with Crippen LogP contribution in [0.4, 0.5) is 0 Å². The van der Waals surface area contributed by atoms with E-state index in [2.05, 4.69) is 30.3 Å². The van der Waals surface area contributed by atoms with Gasteiger partial charge in [-0.05, 0) is 50.6 Å². The van der Waals surface area contributed by atoms with Gasteiger partial charge in [-0.1, -0.05) is 6.92 Å². The molecule has 3 heteroatoms. The average Bonchev–Trinajstić information content (AvgIpc) is 2.93. The van der Waals surface area contributed by atoms with Crippen LogP contribution >= 0.6 is 0 Å². The summed E-state index contributed by atoms with van der Waals surface area (Å²) in [6.45, 7) is 5.68. The van der Waals surface area contributed by atoms with E-state index >= 15 is 0 Å². The maximum absolute atomic E-state index is 4.49. The van der Waals surface area contributed by atoms with Crippen LogP contribution in [0.15, 0.2) is 12.3 Å².